The average molecular weight is 426 g/mol. The van der Waals surface area contributed by atoms with Crippen molar-refractivity contribution in [2.24, 2.45) is 0 Å². The number of fused-ring (bicyclic) bond motifs is 3. The molecule has 1 aliphatic rings. The fourth-order valence-electron chi connectivity index (χ4n) is 3.55. The largest absolute Gasteiger partial charge is 0.507 e. The molecule has 1 amide bonds. The Morgan fingerprint density at radius 3 is 2.73 bits per heavy atom. The highest BCUT2D eigenvalue weighted by Gasteiger charge is 2.46. The van der Waals surface area contributed by atoms with E-state index in [0.29, 0.717) is 16.4 Å². The average Bonchev–Trinajstić information content (AvgIpc) is 2.72. The van der Waals surface area contributed by atoms with Crippen molar-refractivity contribution in [2.45, 2.75) is 18.2 Å². The molecular weight excluding hydrogens is 410 g/mol. The van der Waals surface area contributed by atoms with Crippen LogP contribution in [-0.4, -0.2) is 32.3 Å². The number of phenols is 1. The molecular formula is C19H16N5O5S+. The third-order valence-electron chi connectivity index (χ3n) is 4.79. The van der Waals surface area contributed by atoms with Gasteiger partial charge < -0.3 is 5.11 Å². The molecule has 1 atom stereocenters. The number of aromatic nitrogens is 3. The molecule has 0 fully saturated rings. The summed E-state index contributed by atoms with van der Waals surface area (Å²) in [5.41, 5.74) is 0.477. The first-order valence-electron chi connectivity index (χ1n) is 8.80. The number of benzene rings is 2. The van der Waals surface area contributed by atoms with Crippen LogP contribution < -0.4 is 15.1 Å². The zero-order valence-corrected chi connectivity index (χ0v) is 16.7. The van der Waals surface area contributed by atoms with E-state index in [-0.39, 0.29) is 28.6 Å². The first-order valence-corrected chi connectivity index (χ1v) is 10.0. The third kappa shape index (κ3) is 2.99. The Bertz CT molecular complexity index is 1260. The van der Waals surface area contributed by atoms with Crippen molar-refractivity contribution >= 4 is 29.0 Å². The van der Waals surface area contributed by atoms with Gasteiger partial charge in [-0.2, -0.15) is 0 Å². The van der Waals surface area contributed by atoms with Gasteiger partial charge in [0.15, 0.2) is 0 Å². The zero-order valence-electron chi connectivity index (χ0n) is 15.9. The fourth-order valence-corrected chi connectivity index (χ4v) is 3.91. The molecule has 2 aromatic carbocycles. The maximum absolute atomic E-state index is 12.9. The van der Waals surface area contributed by atoms with Crippen molar-refractivity contribution in [1.82, 2.24) is 10.1 Å². The molecule has 152 valence electrons. The molecule has 0 saturated heterocycles. The number of H-pyrrole nitrogens is 1. The molecule has 2 heterocycles. The molecule has 0 spiro atoms. The van der Waals surface area contributed by atoms with E-state index in [1.807, 2.05) is 0 Å². The zero-order chi connectivity index (χ0) is 21.6. The Labute approximate surface area is 173 Å². The second kappa shape index (κ2) is 7.26. The molecule has 0 saturated carbocycles. The summed E-state index contributed by atoms with van der Waals surface area (Å²) in [5, 5.41) is 26.6. The number of hydrogen-bond acceptors (Lipinski definition) is 7. The molecule has 30 heavy (non-hydrogen) atoms. The van der Waals surface area contributed by atoms with Crippen LogP contribution in [0.25, 0.3) is 11.3 Å². The molecule has 0 aliphatic carbocycles. The van der Waals surface area contributed by atoms with Crippen molar-refractivity contribution in [1.29, 1.82) is 0 Å². The Balaban J connectivity index is 2.12. The summed E-state index contributed by atoms with van der Waals surface area (Å²) >= 11 is 1.19. The van der Waals surface area contributed by atoms with Gasteiger partial charge in [-0.1, -0.05) is 23.9 Å². The van der Waals surface area contributed by atoms with Gasteiger partial charge in [-0.3, -0.25) is 24.7 Å². The molecule has 11 heteroatoms. The molecule has 0 bridgehead atoms. The predicted octanol–water partition coefficient (Wildman–Crippen LogP) is 1.97. The van der Waals surface area contributed by atoms with Gasteiger partial charge in [-0.25, -0.2) is 4.90 Å². The van der Waals surface area contributed by atoms with E-state index in [1.165, 1.54) is 40.4 Å². The molecule has 1 aliphatic heterocycles. The molecule has 3 aromatic rings. The number of nitro groups is 1. The molecule has 0 unspecified atom stereocenters. The normalized spacial score (nSPS) is 14.7. The van der Waals surface area contributed by atoms with Crippen molar-refractivity contribution in [3.05, 3.63) is 68.5 Å². The van der Waals surface area contributed by atoms with E-state index < -0.39 is 16.6 Å². The number of nitrogens with zero attached hydrogens (tertiary/aromatic N) is 4. The minimum atomic E-state index is -1.10. The second-order valence-electron chi connectivity index (χ2n) is 6.54. The van der Waals surface area contributed by atoms with E-state index in [0.717, 1.165) is 6.07 Å². The standard InChI is InChI=1S/C19H15N5O5S/c1-10(25)22-14-6-4-3-5-12(14)16-17(27)20-19(30-2)21-23(16)18(22)13-9-11(24(28)29)7-8-15(13)26/h3-9,18H,1-2H3,(H-,20,21,26,27)/p+1/t18-/m0/s1. The highest BCUT2D eigenvalue weighted by atomic mass is 32.2. The number of amides is 1. The predicted molar refractivity (Wildman–Crippen MR) is 108 cm³/mol. The summed E-state index contributed by atoms with van der Waals surface area (Å²) in [4.78, 5) is 40.4. The number of thioether (sulfide) groups is 1. The number of aromatic amines is 1. The van der Waals surface area contributed by atoms with Crippen LogP contribution in [-0.2, 0) is 4.79 Å². The van der Waals surface area contributed by atoms with Crippen molar-refractivity contribution in [3.63, 3.8) is 0 Å². The highest BCUT2D eigenvalue weighted by molar-refractivity contribution is 7.98. The first-order chi connectivity index (χ1) is 14.3. The van der Waals surface area contributed by atoms with E-state index >= 15 is 0 Å². The first kappa shape index (κ1) is 19.6. The Morgan fingerprint density at radius 2 is 2.07 bits per heavy atom. The van der Waals surface area contributed by atoms with Gasteiger partial charge in [0.2, 0.25) is 11.1 Å². The van der Waals surface area contributed by atoms with Crippen LogP contribution in [0.2, 0.25) is 0 Å². The third-order valence-corrected chi connectivity index (χ3v) is 5.36. The monoisotopic (exact) mass is 426 g/mol. The van der Waals surface area contributed by atoms with Crippen molar-refractivity contribution in [2.75, 3.05) is 11.2 Å². The minimum Gasteiger partial charge on any atom is -0.507 e. The number of anilines is 1. The van der Waals surface area contributed by atoms with E-state index in [4.69, 9.17) is 0 Å². The summed E-state index contributed by atoms with van der Waals surface area (Å²) < 4.78 is 1.33. The van der Waals surface area contributed by atoms with Crippen LogP contribution in [0.5, 0.6) is 5.75 Å². The number of nitro benzene ring substituents is 1. The van der Waals surface area contributed by atoms with Gasteiger partial charge in [-0.15, -0.1) is 0 Å². The number of carbonyl (C=O) groups is 1. The maximum atomic E-state index is 12.9. The van der Waals surface area contributed by atoms with Gasteiger partial charge >= 0.3 is 11.3 Å². The number of nitrogens with one attached hydrogen (secondary N) is 1. The number of para-hydroxylation sites is 1. The maximum Gasteiger partial charge on any atom is 0.325 e. The fraction of sp³-hybridized carbons (Fsp3) is 0.158. The number of rotatable bonds is 3. The van der Waals surface area contributed by atoms with E-state index in [2.05, 4.69) is 10.1 Å². The Morgan fingerprint density at radius 1 is 1.33 bits per heavy atom. The number of non-ortho nitro benzene ring substituents is 1. The lowest BCUT2D eigenvalue weighted by Gasteiger charge is -2.31. The number of hydrogen-bond donors (Lipinski definition) is 2. The van der Waals surface area contributed by atoms with E-state index in [9.17, 15) is 24.8 Å². The van der Waals surface area contributed by atoms with Crippen LogP contribution in [0.15, 0.2) is 52.4 Å². The van der Waals surface area contributed by atoms with Crippen molar-refractivity contribution < 1.29 is 19.5 Å². The van der Waals surface area contributed by atoms with Gasteiger partial charge in [-0.05, 0) is 29.1 Å². The lowest BCUT2D eigenvalue weighted by molar-refractivity contribution is -0.763. The molecule has 2 N–H and O–H groups in total. The summed E-state index contributed by atoms with van der Waals surface area (Å²) in [6.07, 6.45) is 0.630. The minimum absolute atomic E-state index is 0.0744. The lowest BCUT2D eigenvalue weighted by Crippen LogP contribution is -2.60. The summed E-state index contributed by atoms with van der Waals surface area (Å²) in [7, 11) is 0. The quantitative estimate of drug-likeness (QED) is 0.283. The topological polar surface area (TPSA) is 133 Å². The summed E-state index contributed by atoms with van der Waals surface area (Å²) in [6, 6.07) is 10.3. The summed E-state index contributed by atoms with van der Waals surface area (Å²) in [6.45, 7) is 1.34. The molecule has 10 nitrogen and oxygen atoms in total. The van der Waals surface area contributed by atoms with Crippen LogP contribution in [0.1, 0.15) is 18.7 Å². The summed E-state index contributed by atoms with van der Waals surface area (Å²) in [5.74, 6) is -0.647. The Kier molecular flexibility index (Phi) is 4.74. The second-order valence-corrected chi connectivity index (χ2v) is 7.33. The van der Waals surface area contributed by atoms with Crippen molar-refractivity contribution in [3.8, 4) is 17.0 Å². The number of phenolic OH excluding ortho intramolecular Hbond substituents is 1. The molecule has 4 rings (SSSR count). The van der Waals surface area contributed by atoms with Crippen LogP contribution >= 0.6 is 11.8 Å². The van der Waals surface area contributed by atoms with E-state index in [1.54, 1.807) is 30.5 Å². The molecule has 1 aromatic heterocycles. The Hall–Kier alpha value is -3.73. The van der Waals surface area contributed by atoms with Gasteiger partial charge in [0.25, 0.3) is 11.9 Å². The molecule has 0 radical (unpaired) electrons. The number of carbonyl (C=O) groups excluding carboxylic acids is 1. The van der Waals surface area contributed by atoms with Crippen LogP contribution in [0.4, 0.5) is 11.4 Å². The highest BCUT2D eigenvalue weighted by Crippen LogP contribution is 2.40. The smallest absolute Gasteiger partial charge is 0.325 e. The van der Waals surface area contributed by atoms with Crippen LogP contribution in [0, 0.1) is 10.1 Å². The lowest BCUT2D eigenvalue weighted by atomic mass is 10.0. The van der Waals surface area contributed by atoms with Gasteiger partial charge in [0.1, 0.15) is 5.75 Å². The van der Waals surface area contributed by atoms with Crippen LogP contribution in [0.3, 0.4) is 0 Å². The van der Waals surface area contributed by atoms with Gasteiger partial charge in [0, 0.05) is 24.2 Å². The SMILES string of the molecule is CSc1n[n+]2c(c(=O)[nH]1)-c1ccccc1N(C(C)=O)[C@@H]2c1cc([N+](=O)[O-])ccc1O. The van der Waals surface area contributed by atoms with Gasteiger partial charge in [0.05, 0.1) is 21.7 Å². The number of aromatic hydroxyl groups is 1.